The van der Waals surface area contributed by atoms with Crippen molar-refractivity contribution in [1.82, 2.24) is 5.32 Å². The van der Waals surface area contributed by atoms with Crippen molar-refractivity contribution < 1.29 is 14.8 Å². The topological polar surface area (TPSA) is 108 Å². The van der Waals surface area contributed by atoms with Crippen molar-refractivity contribution in [3.63, 3.8) is 0 Å². The number of hydrogen-bond acceptors (Lipinski definition) is 6. The maximum absolute atomic E-state index is 11.2. The van der Waals surface area contributed by atoms with Crippen LogP contribution in [0.3, 0.4) is 0 Å². The molecule has 0 amide bonds. The number of carboxylic acids is 1. The fourth-order valence-corrected chi connectivity index (χ4v) is 1.69. The third-order valence-corrected chi connectivity index (χ3v) is 2.63. The first-order valence-corrected chi connectivity index (χ1v) is 5.91. The molecule has 2 rings (SSSR count). The molecule has 106 valence electrons. The highest BCUT2D eigenvalue weighted by atomic mass is 16.6. The van der Waals surface area contributed by atoms with Gasteiger partial charge in [0.15, 0.2) is 0 Å². The Morgan fingerprint density at radius 1 is 1.38 bits per heavy atom. The second-order valence-corrected chi connectivity index (χ2v) is 4.04. The van der Waals surface area contributed by atoms with Gasteiger partial charge >= 0.3 is 0 Å². The maximum Gasteiger partial charge on any atom is 0.293 e. The van der Waals surface area contributed by atoms with Gasteiger partial charge < -0.3 is 15.2 Å². The van der Waals surface area contributed by atoms with Crippen LogP contribution < -0.4 is 10.4 Å². The van der Waals surface area contributed by atoms with E-state index >= 15 is 0 Å². The van der Waals surface area contributed by atoms with E-state index in [4.69, 9.17) is 0 Å². The first-order valence-electron chi connectivity index (χ1n) is 5.91. The molecule has 0 aromatic heterocycles. The van der Waals surface area contributed by atoms with E-state index in [2.05, 4.69) is 10.3 Å². The van der Waals surface area contributed by atoms with E-state index in [1.165, 1.54) is 42.9 Å². The lowest BCUT2D eigenvalue weighted by Crippen LogP contribution is -2.22. The number of carboxylic acid groups (broad SMARTS) is 1. The number of aliphatic imine (C=N–C) groups is 1. The molecular formula is C14H10N3O4-. The summed E-state index contributed by atoms with van der Waals surface area (Å²) in [7, 11) is 0. The zero-order valence-corrected chi connectivity index (χ0v) is 10.7. The Kier molecular flexibility index (Phi) is 4.25. The fraction of sp³-hybridized carbons (Fsp3) is 0. The lowest BCUT2D eigenvalue weighted by Gasteiger charge is -2.05. The highest BCUT2D eigenvalue weighted by molar-refractivity contribution is 5.86. The smallest absolute Gasteiger partial charge is 0.293 e. The molecule has 1 heterocycles. The molecule has 7 heteroatoms. The second kappa shape index (κ2) is 6.29. The van der Waals surface area contributed by atoms with Crippen molar-refractivity contribution in [2.24, 2.45) is 4.99 Å². The van der Waals surface area contributed by atoms with E-state index in [1.807, 2.05) is 0 Å². The first kappa shape index (κ1) is 14.2. The summed E-state index contributed by atoms with van der Waals surface area (Å²) in [5, 5.41) is 24.7. The summed E-state index contributed by atoms with van der Waals surface area (Å²) in [6, 6.07) is 5.72. The van der Waals surface area contributed by atoms with Crippen LogP contribution in [-0.2, 0) is 0 Å². The molecule has 0 radical (unpaired) electrons. The van der Waals surface area contributed by atoms with E-state index < -0.39 is 10.9 Å². The first-order chi connectivity index (χ1) is 10.1. The van der Waals surface area contributed by atoms with Gasteiger partial charge in [-0.25, -0.2) is 4.99 Å². The van der Waals surface area contributed by atoms with Gasteiger partial charge in [-0.2, -0.15) is 0 Å². The number of allylic oxidation sites excluding steroid dienone is 2. The number of aromatic carboxylic acids is 1. The van der Waals surface area contributed by atoms with Crippen LogP contribution in [0, 0.1) is 10.1 Å². The predicted molar refractivity (Wildman–Crippen MR) is 74.6 cm³/mol. The Hall–Kier alpha value is -3.22. The molecule has 0 spiro atoms. The third kappa shape index (κ3) is 3.63. The summed E-state index contributed by atoms with van der Waals surface area (Å²) in [6.07, 6.45) is 7.14. The highest BCUT2D eigenvalue weighted by Gasteiger charge is 2.17. The quantitative estimate of drug-likeness (QED) is 0.646. The minimum Gasteiger partial charge on any atom is -0.545 e. The van der Waals surface area contributed by atoms with Crippen molar-refractivity contribution in [1.29, 1.82) is 0 Å². The van der Waals surface area contributed by atoms with Crippen LogP contribution >= 0.6 is 0 Å². The number of nitro groups is 1. The molecule has 1 aromatic carbocycles. The molecule has 21 heavy (non-hydrogen) atoms. The molecule has 0 fully saturated rings. The zero-order chi connectivity index (χ0) is 15.2. The summed E-state index contributed by atoms with van der Waals surface area (Å²) in [4.78, 5) is 25.2. The standard InChI is InChI=1S/C14H11N3O4/c18-14(19)11-4-1-3-10(7-11)8-13(17(20)21)12-5-2-6-15-9-16-12/h1-9H,(H,15,16)(H,18,19)/p-1/b13-8+. The Morgan fingerprint density at radius 3 is 2.90 bits per heavy atom. The van der Waals surface area contributed by atoms with E-state index in [0.29, 0.717) is 5.56 Å². The number of rotatable bonds is 4. The van der Waals surface area contributed by atoms with Crippen LogP contribution in [-0.4, -0.2) is 17.2 Å². The van der Waals surface area contributed by atoms with Gasteiger partial charge in [0.2, 0.25) is 0 Å². The summed E-state index contributed by atoms with van der Waals surface area (Å²) in [5.41, 5.74) is 0.381. The lowest BCUT2D eigenvalue weighted by atomic mass is 10.1. The molecule has 1 aromatic rings. The molecule has 1 aliphatic heterocycles. The third-order valence-electron chi connectivity index (χ3n) is 2.63. The molecule has 0 saturated carbocycles. The van der Waals surface area contributed by atoms with Gasteiger partial charge in [-0.1, -0.05) is 18.2 Å². The van der Waals surface area contributed by atoms with Gasteiger partial charge in [0, 0.05) is 12.3 Å². The van der Waals surface area contributed by atoms with Crippen molar-refractivity contribution in [3.05, 3.63) is 75.3 Å². The second-order valence-electron chi connectivity index (χ2n) is 4.04. The highest BCUT2D eigenvalue weighted by Crippen LogP contribution is 2.15. The van der Waals surface area contributed by atoms with Crippen LogP contribution in [0.25, 0.3) is 6.08 Å². The van der Waals surface area contributed by atoms with Crippen LogP contribution in [0.5, 0.6) is 0 Å². The van der Waals surface area contributed by atoms with Crippen LogP contribution in [0.15, 0.2) is 59.0 Å². The molecular weight excluding hydrogens is 274 g/mol. The van der Waals surface area contributed by atoms with Gasteiger partial charge in [-0.15, -0.1) is 0 Å². The minimum atomic E-state index is -1.34. The molecule has 0 unspecified atom stereocenters. The molecule has 1 N–H and O–H groups in total. The minimum absolute atomic E-state index is 0.0456. The molecule has 0 aliphatic carbocycles. The number of hydrogen-bond donors (Lipinski definition) is 1. The van der Waals surface area contributed by atoms with Gasteiger partial charge in [0.05, 0.1) is 17.2 Å². The van der Waals surface area contributed by atoms with Crippen LogP contribution in [0.2, 0.25) is 0 Å². The van der Waals surface area contributed by atoms with Gasteiger partial charge in [0.1, 0.15) is 5.70 Å². The number of nitrogens with one attached hydrogen (secondary N) is 1. The fourth-order valence-electron chi connectivity index (χ4n) is 1.69. The van der Waals surface area contributed by atoms with Crippen molar-refractivity contribution >= 4 is 18.4 Å². The molecule has 0 saturated heterocycles. The van der Waals surface area contributed by atoms with E-state index in [0.717, 1.165) is 0 Å². The Labute approximate surface area is 119 Å². The average molecular weight is 284 g/mol. The van der Waals surface area contributed by atoms with Gasteiger partial charge in [-0.05, 0) is 29.3 Å². The summed E-state index contributed by atoms with van der Waals surface area (Å²) in [6.45, 7) is 0. The Balaban J connectivity index is 2.43. The van der Waals surface area contributed by atoms with E-state index in [9.17, 15) is 20.0 Å². The SMILES string of the molecule is O=C([O-])c1cccc(/C=C(\C2=CC=CN=CN2)[N+](=O)[O-])c1. The van der Waals surface area contributed by atoms with Crippen molar-refractivity contribution in [3.8, 4) is 0 Å². The summed E-state index contributed by atoms with van der Waals surface area (Å²) < 4.78 is 0. The molecule has 1 aliphatic rings. The Bertz CT molecular complexity index is 702. The summed E-state index contributed by atoms with van der Waals surface area (Å²) in [5.74, 6) is -1.34. The number of benzene rings is 1. The number of carbonyl (C=O) groups excluding carboxylic acids is 1. The molecule has 7 nitrogen and oxygen atoms in total. The van der Waals surface area contributed by atoms with Crippen LogP contribution in [0.1, 0.15) is 15.9 Å². The van der Waals surface area contributed by atoms with Crippen LogP contribution in [0.4, 0.5) is 0 Å². The van der Waals surface area contributed by atoms with Crippen molar-refractivity contribution in [2.45, 2.75) is 0 Å². The number of carbonyl (C=O) groups is 1. The van der Waals surface area contributed by atoms with Gasteiger partial charge in [0.25, 0.3) is 5.70 Å². The van der Waals surface area contributed by atoms with E-state index in [-0.39, 0.29) is 17.0 Å². The lowest BCUT2D eigenvalue weighted by molar-refractivity contribution is -0.419. The number of nitrogens with zero attached hydrogens (tertiary/aromatic N) is 2. The Morgan fingerprint density at radius 2 is 2.19 bits per heavy atom. The largest absolute Gasteiger partial charge is 0.545 e. The average Bonchev–Trinajstić information content (AvgIpc) is 2.73. The molecule has 0 bridgehead atoms. The monoisotopic (exact) mass is 284 g/mol. The molecule has 0 atom stereocenters. The summed E-state index contributed by atoms with van der Waals surface area (Å²) >= 11 is 0. The predicted octanol–water partition coefficient (Wildman–Crippen LogP) is 0.697. The maximum atomic E-state index is 11.2. The van der Waals surface area contributed by atoms with Crippen molar-refractivity contribution in [2.75, 3.05) is 0 Å². The zero-order valence-electron chi connectivity index (χ0n) is 10.7. The van der Waals surface area contributed by atoms with E-state index in [1.54, 1.807) is 12.1 Å². The normalized spacial score (nSPS) is 14.1. The van der Waals surface area contributed by atoms with Gasteiger partial charge in [-0.3, -0.25) is 10.1 Å².